The van der Waals surface area contributed by atoms with Gasteiger partial charge in [0.25, 0.3) is 0 Å². The highest BCUT2D eigenvalue weighted by Gasteiger charge is 2.31. The minimum absolute atomic E-state index is 0. The molecule has 1 nitrogen and oxygen atoms in total. The fourth-order valence-corrected chi connectivity index (χ4v) is 1.71. The van der Waals surface area contributed by atoms with Gasteiger partial charge in [-0.15, -0.1) is 12.4 Å². The standard InChI is InChI=1S/C9H8Cl2F3N.ClH/c10-5-1-2-6(7(11)3-5)8(15)4-9(12,13)14;/h1-3,8H,4,15H2;1H/t8-;/m1./s1. The van der Waals surface area contributed by atoms with Gasteiger partial charge in [-0.05, 0) is 17.7 Å². The summed E-state index contributed by atoms with van der Waals surface area (Å²) in [6.45, 7) is 0. The first-order valence-electron chi connectivity index (χ1n) is 4.07. The highest BCUT2D eigenvalue weighted by atomic mass is 35.5. The van der Waals surface area contributed by atoms with Crippen molar-refractivity contribution in [3.05, 3.63) is 33.8 Å². The molecule has 1 aromatic rings. The summed E-state index contributed by atoms with van der Waals surface area (Å²) in [5.74, 6) is 0. The zero-order valence-corrected chi connectivity index (χ0v) is 10.2. The van der Waals surface area contributed by atoms with Gasteiger partial charge in [-0.2, -0.15) is 13.2 Å². The molecule has 0 aliphatic rings. The quantitative estimate of drug-likeness (QED) is 0.861. The van der Waals surface area contributed by atoms with Crippen molar-refractivity contribution in [1.82, 2.24) is 0 Å². The van der Waals surface area contributed by atoms with Crippen LogP contribution in [0.25, 0.3) is 0 Å². The molecule has 0 fully saturated rings. The second-order valence-corrected chi connectivity index (χ2v) is 3.94. The summed E-state index contributed by atoms with van der Waals surface area (Å²) in [6.07, 6.45) is -5.41. The van der Waals surface area contributed by atoms with Crippen LogP contribution in [-0.2, 0) is 0 Å². The Morgan fingerprint density at radius 1 is 1.25 bits per heavy atom. The second-order valence-electron chi connectivity index (χ2n) is 3.09. The van der Waals surface area contributed by atoms with Crippen molar-refractivity contribution >= 4 is 35.6 Å². The van der Waals surface area contributed by atoms with E-state index in [1.165, 1.54) is 18.2 Å². The van der Waals surface area contributed by atoms with Gasteiger partial charge >= 0.3 is 6.18 Å². The molecule has 0 unspecified atom stereocenters. The second kappa shape index (κ2) is 5.96. The maximum absolute atomic E-state index is 12.1. The molecule has 0 bridgehead atoms. The van der Waals surface area contributed by atoms with E-state index < -0.39 is 18.6 Å². The number of benzene rings is 1. The maximum Gasteiger partial charge on any atom is 0.390 e. The van der Waals surface area contributed by atoms with Gasteiger partial charge in [-0.1, -0.05) is 29.3 Å². The van der Waals surface area contributed by atoms with Crippen molar-refractivity contribution in [1.29, 1.82) is 0 Å². The molecule has 1 rings (SSSR count). The van der Waals surface area contributed by atoms with E-state index in [0.29, 0.717) is 5.02 Å². The van der Waals surface area contributed by atoms with Gasteiger partial charge < -0.3 is 5.73 Å². The van der Waals surface area contributed by atoms with Crippen LogP contribution in [-0.4, -0.2) is 6.18 Å². The van der Waals surface area contributed by atoms with Crippen LogP contribution in [0.2, 0.25) is 10.0 Å². The fourth-order valence-electron chi connectivity index (χ4n) is 1.16. The number of alkyl halides is 3. The fraction of sp³-hybridized carbons (Fsp3) is 0.333. The molecular formula is C9H9Cl3F3N. The molecule has 0 radical (unpaired) electrons. The van der Waals surface area contributed by atoms with Gasteiger partial charge in [0.2, 0.25) is 0 Å². The minimum atomic E-state index is -4.30. The van der Waals surface area contributed by atoms with E-state index in [1.54, 1.807) is 0 Å². The molecule has 0 saturated heterocycles. The Morgan fingerprint density at radius 3 is 2.25 bits per heavy atom. The first kappa shape index (κ1) is 15.8. The molecule has 1 atom stereocenters. The molecule has 92 valence electrons. The van der Waals surface area contributed by atoms with E-state index in [9.17, 15) is 13.2 Å². The maximum atomic E-state index is 12.1. The minimum Gasteiger partial charge on any atom is -0.324 e. The summed E-state index contributed by atoms with van der Waals surface area (Å²) in [7, 11) is 0. The first-order chi connectivity index (χ1) is 6.79. The molecule has 0 aliphatic carbocycles. The summed E-state index contributed by atoms with van der Waals surface area (Å²) < 4.78 is 36.2. The predicted molar refractivity (Wildman–Crippen MR) is 61.3 cm³/mol. The molecular weight excluding hydrogens is 285 g/mol. The van der Waals surface area contributed by atoms with Gasteiger partial charge in [0.1, 0.15) is 0 Å². The van der Waals surface area contributed by atoms with Crippen molar-refractivity contribution in [3.8, 4) is 0 Å². The summed E-state index contributed by atoms with van der Waals surface area (Å²) in [4.78, 5) is 0. The Bertz CT molecular complexity index is 354. The molecule has 0 saturated carbocycles. The first-order valence-corrected chi connectivity index (χ1v) is 4.82. The van der Waals surface area contributed by atoms with Crippen molar-refractivity contribution in [2.75, 3.05) is 0 Å². The number of rotatable bonds is 2. The average Bonchev–Trinajstić information content (AvgIpc) is 1.99. The lowest BCUT2D eigenvalue weighted by molar-refractivity contribution is -0.138. The van der Waals surface area contributed by atoms with Gasteiger partial charge in [-0.3, -0.25) is 0 Å². The topological polar surface area (TPSA) is 26.0 Å². The number of hydrogen-bond donors (Lipinski definition) is 1. The van der Waals surface area contributed by atoms with Crippen LogP contribution in [0.5, 0.6) is 0 Å². The zero-order valence-electron chi connectivity index (χ0n) is 7.89. The van der Waals surface area contributed by atoms with Crippen molar-refractivity contribution in [3.63, 3.8) is 0 Å². The molecule has 0 aromatic heterocycles. The van der Waals surface area contributed by atoms with Crippen LogP contribution >= 0.6 is 35.6 Å². The SMILES string of the molecule is Cl.N[C@H](CC(F)(F)F)c1ccc(Cl)cc1Cl. The van der Waals surface area contributed by atoms with E-state index in [1.807, 2.05) is 0 Å². The third-order valence-corrected chi connectivity index (χ3v) is 2.38. The van der Waals surface area contributed by atoms with Gasteiger partial charge in [0.05, 0.1) is 6.42 Å². The van der Waals surface area contributed by atoms with E-state index >= 15 is 0 Å². The largest absolute Gasteiger partial charge is 0.390 e. The highest BCUT2D eigenvalue weighted by Crippen LogP contribution is 2.32. The lowest BCUT2D eigenvalue weighted by Crippen LogP contribution is -2.20. The van der Waals surface area contributed by atoms with Gasteiger partial charge in [0.15, 0.2) is 0 Å². The Labute approximate surface area is 107 Å². The zero-order chi connectivity index (χ0) is 11.6. The molecule has 0 spiro atoms. The molecule has 7 heteroatoms. The smallest absolute Gasteiger partial charge is 0.324 e. The predicted octanol–water partition coefficient (Wildman–Crippen LogP) is 4.37. The molecule has 2 N–H and O–H groups in total. The number of halogens is 6. The molecule has 0 amide bonds. The Kier molecular flexibility index (Phi) is 5.90. The summed E-state index contributed by atoms with van der Waals surface area (Å²) in [5.41, 5.74) is 5.63. The summed E-state index contributed by atoms with van der Waals surface area (Å²) in [5, 5.41) is 0.516. The lowest BCUT2D eigenvalue weighted by Gasteiger charge is -2.15. The van der Waals surface area contributed by atoms with E-state index in [0.717, 1.165) is 0 Å². The summed E-state index contributed by atoms with van der Waals surface area (Å²) in [6, 6.07) is 3.07. The number of nitrogens with two attached hydrogens (primary N) is 1. The van der Waals surface area contributed by atoms with Gasteiger partial charge in [0, 0.05) is 16.1 Å². The van der Waals surface area contributed by atoms with Crippen LogP contribution in [0.15, 0.2) is 18.2 Å². The van der Waals surface area contributed by atoms with E-state index in [-0.39, 0.29) is 23.0 Å². The van der Waals surface area contributed by atoms with Crippen LogP contribution < -0.4 is 5.73 Å². The van der Waals surface area contributed by atoms with E-state index in [2.05, 4.69) is 0 Å². The molecule has 1 aromatic carbocycles. The molecule has 0 aliphatic heterocycles. The Balaban J connectivity index is 0.00000225. The van der Waals surface area contributed by atoms with Crippen LogP contribution in [0.4, 0.5) is 13.2 Å². The third-order valence-electron chi connectivity index (χ3n) is 1.81. The van der Waals surface area contributed by atoms with Crippen molar-refractivity contribution in [2.45, 2.75) is 18.6 Å². The Morgan fingerprint density at radius 2 is 1.81 bits per heavy atom. The highest BCUT2D eigenvalue weighted by molar-refractivity contribution is 6.35. The van der Waals surface area contributed by atoms with Gasteiger partial charge in [-0.25, -0.2) is 0 Å². The van der Waals surface area contributed by atoms with Crippen molar-refractivity contribution < 1.29 is 13.2 Å². The number of hydrogen-bond acceptors (Lipinski definition) is 1. The van der Waals surface area contributed by atoms with Crippen LogP contribution in [0.3, 0.4) is 0 Å². The third kappa shape index (κ3) is 4.78. The monoisotopic (exact) mass is 293 g/mol. The molecule has 16 heavy (non-hydrogen) atoms. The Hall–Kier alpha value is -0.160. The van der Waals surface area contributed by atoms with Crippen LogP contribution in [0, 0.1) is 0 Å². The van der Waals surface area contributed by atoms with Crippen molar-refractivity contribution in [2.24, 2.45) is 5.73 Å². The molecule has 0 heterocycles. The average molecular weight is 295 g/mol. The van der Waals surface area contributed by atoms with Crippen LogP contribution in [0.1, 0.15) is 18.0 Å². The normalized spacial score (nSPS) is 13.1. The van der Waals surface area contributed by atoms with E-state index in [4.69, 9.17) is 28.9 Å². The lowest BCUT2D eigenvalue weighted by atomic mass is 10.0. The summed E-state index contributed by atoms with van der Waals surface area (Å²) >= 11 is 11.3.